The van der Waals surface area contributed by atoms with E-state index >= 15 is 0 Å². The number of rotatable bonds is 4. The number of likely N-dealkylation sites (tertiary alicyclic amines) is 1. The average Bonchev–Trinajstić information content (AvgIpc) is 3.49. The lowest BCUT2D eigenvalue weighted by atomic mass is 9.93. The van der Waals surface area contributed by atoms with Crippen molar-refractivity contribution in [2.24, 2.45) is 5.41 Å². The van der Waals surface area contributed by atoms with Gasteiger partial charge in [0.1, 0.15) is 11.4 Å². The zero-order valence-electron chi connectivity index (χ0n) is 21.5. The summed E-state index contributed by atoms with van der Waals surface area (Å²) in [6, 6.07) is 5.88. The normalized spacial score (nSPS) is 19.8. The van der Waals surface area contributed by atoms with E-state index in [1.807, 2.05) is 49.6 Å². The highest BCUT2D eigenvalue weighted by Gasteiger charge is 2.37. The molecule has 10 heteroatoms. The first-order chi connectivity index (χ1) is 17.0. The van der Waals surface area contributed by atoms with E-state index in [9.17, 15) is 9.59 Å². The molecule has 190 valence electrons. The second-order valence-corrected chi connectivity index (χ2v) is 11.4. The molecule has 0 saturated carbocycles. The van der Waals surface area contributed by atoms with Crippen molar-refractivity contribution in [2.45, 2.75) is 59.1 Å². The van der Waals surface area contributed by atoms with Crippen LogP contribution in [0.3, 0.4) is 0 Å². The summed E-state index contributed by atoms with van der Waals surface area (Å²) in [6.45, 7) is 11.6. The molecule has 2 amide bonds. The van der Waals surface area contributed by atoms with E-state index in [1.54, 1.807) is 22.2 Å². The fraction of sp³-hybridized carbons (Fsp3) is 0.500. The van der Waals surface area contributed by atoms with Crippen LogP contribution in [-0.2, 0) is 9.53 Å². The highest BCUT2D eigenvalue weighted by atomic mass is 16.6. The molecule has 2 aliphatic rings. The Morgan fingerprint density at radius 2 is 2.00 bits per heavy atom. The van der Waals surface area contributed by atoms with Crippen LogP contribution in [-0.4, -0.2) is 67.5 Å². The van der Waals surface area contributed by atoms with Crippen LogP contribution >= 0.6 is 0 Å². The number of amides is 2. The third-order valence-corrected chi connectivity index (χ3v) is 6.38. The minimum atomic E-state index is -0.514. The number of carbonyl (C=O) groups excluding carboxylic acids is 2. The first-order valence-electron chi connectivity index (χ1n) is 12.3. The topological polar surface area (TPSA) is 105 Å². The third kappa shape index (κ3) is 4.98. The smallest absolute Gasteiger partial charge is 0.410 e. The summed E-state index contributed by atoms with van der Waals surface area (Å²) in [7, 11) is 0. The summed E-state index contributed by atoms with van der Waals surface area (Å²) in [5.74, 6) is 1.42. The van der Waals surface area contributed by atoms with E-state index < -0.39 is 5.60 Å². The van der Waals surface area contributed by atoms with Gasteiger partial charge in [0.2, 0.25) is 5.91 Å². The molecule has 0 aromatic carbocycles. The molecular weight excluding hydrogens is 458 g/mol. The van der Waals surface area contributed by atoms with Crippen LogP contribution in [0.4, 0.5) is 16.4 Å². The van der Waals surface area contributed by atoms with Gasteiger partial charge in [-0.25, -0.2) is 19.7 Å². The quantitative estimate of drug-likeness (QED) is 0.589. The fourth-order valence-electron chi connectivity index (χ4n) is 4.73. The van der Waals surface area contributed by atoms with Crippen LogP contribution in [0, 0.1) is 5.41 Å². The number of carbonyl (C=O) groups is 2. The Bertz CT molecular complexity index is 1310. The Balaban J connectivity index is 1.33. The van der Waals surface area contributed by atoms with Gasteiger partial charge in [-0.1, -0.05) is 19.9 Å². The van der Waals surface area contributed by atoms with Crippen molar-refractivity contribution in [1.82, 2.24) is 24.3 Å². The number of nitrogens with one attached hydrogen (secondary N) is 1. The monoisotopic (exact) mass is 491 g/mol. The fourth-order valence-corrected chi connectivity index (χ4v) is 4.73. The van der Waals surface area contributed by atoms with Gasteiger partial charge in [-0.2, -0.15) is 0 Å². The molecule has 3 aromatic heterocycles. The van der Waals surface area contributed by atoms with Gasteiger partial charge in [0.25, 0.3) is 0 Å². The number of aromatic nitrogens is 4. The lowest BCUT2D eigenvalue weighted by Crippen LogP contribution is -2.36. The standard InChI is InChI=1S/C26H33N7O3/c1-25(2,3)36-24(35)31-10-9-17(14-31)29-20-8-6-7-18(30-20)19-12-27-21-13-28-22(15-32(19)21)33-16-26(4,5)11-23(33)34/h6-8,12-13,15,17H,9-11,14,16H2,1-5H3,(H,29,30). The highest BCUT2D eigenvalue weighted by molar-refractivity contribution is 5.95. The van der Waals surface area contributed by atoms with Crippen LogP contribution in [0.1, 0.15) is 47.5 Å². The molecule has 1 atom stereocenters. The van der Waals surface area contributed by atoms with Crippen molar-refractivity contribution >= 4 is 29.3 Å². The van der Waals surface area contributed by atoms with Gasteiger partial charge in [-0.15, -0.1) is 0 Å². The summed E-state index contributed by atoms with van der Waals surface area (Å²) < 4.78 is 7.42. The molecule has 0 bridgehead atoms. The van der Waals surface area contributed by atoms with Gasteiger partial charge in [0, 0.05) is 32.1 Å². The van der Waals surface area contributed by atoms with Crippen LogP contribution in [0.15, 0.2) is 36.8 Å². The van der Waals surface area contributed by atoms with E-state index in [2.05, 4.69) is 29.1 Å². The minimum absolute atomic E-state index is 0.0770. The van der Waals surface area contributed by atoms with Gasteiger partial charge in [0.05, 0.1) is 30.0 Å². The number of fused-ring (bicyclic) bond motifs is 1. The van der Waals surface area contributed by atoms with Crippen LogP contribution in [0.5, 0.6) is 0 Å². The van der Waals surface area contributed by atoms with Gasteiger partial charge in [-0.3, -0.25) is 14.1 Å². The van der Waals surface area contributed by atoms with E-state index in [0.29, 0.717) is 37.5 Å². The number of imidazole rings is 1. The summed E-state index contributed by atoms with van der Waals surface area (Å²) >= 11 is 0. The maximum atomic E-state index is 12.6. The lowest BCUT2D eigenvalue weighted by molar-refractivity contribution is -0.117. The molecule has 2 aliphatic heterocycles. The summed E-state index contributed by atoms with van der Waals surface area (Å²) in [4.78, 5) is 42.2. The average molecular weight is 492 g/mol. The maximum Gasteiger partial charge on any atom is 0.410 e. The zero-order chi connectivity index (χ0) is 25.7. The molecule has 2 saturated heterocycles. The first-order valence-corrected chi connectivity index (χ1v) is 12.3. The SMILES string of the molecule is CC1(C)CC(=O)N(c2cn3c(-c4cccc(NC5CCN(C(=O)OC(C)(C)C)C5)n4)cnc3cn2)C1. The molecule has 0 radical (unpaired) electrons. The lowest BCUT2D eigenvalue weighted by Gasteiger charge is -2.24. The van der Waals surface area contributed by atoms with Crippen LogP contribution in [0.2, 0.25) is 0 Å². The van der Waals surface area contributed by atoms with Crippen molar-refractivity contribution in [3.8, 4) is 11.4 Å². The second-order valence-electron chi connectivity index (χ2n) is 11.4. The largest absolute Gasteiger partial charge is 0.444 e. The molecule has 0 aliphatic carbocycles. The van der Waals surface area contributed by atoms with Crippen molar-refractivity contribution in [3.63, 3.8) is 0 Å². The van der Waals surface area contributed by atoms with Gasteiger partial charge < -0.3 is 15.0 Å². The number of anilines is 2. The Hall–Kier alpha value is -3.69. The summed E-state index contributed by atoms with van der Waals surface area (Å²) in [5.41, 5.74) is 1.65. The summed E-state index contributed by atoms with van der Waals surface area (Å²) in [6.07, 6.45) is 6.34. The van der Waals surface area contributed by atoms with Crippen molar-refractivity contribution in [2.75, 3.05) is 29.9 Å². The number of hydrogen-bond acceptors (Lipinski definition) is 7. The minimum Gasteiger partial charge on any atom is -0.444 e. The summed E-state index contributed by atoms with van der Waals surface area (Å²) in [5, 5.41) is 3.45. The van der Waals surface area contributed by atoms with E-state index in [0.717, 1.165) is 23.6 Å². The molecule has 36 heavy (non-hydrogen) atoms. The molecule has 5 rings (SSSR count). The van der Waals surface area contributed by atoms with E-state index in [4.69, 9.17) is 9.72 Å². The van der Waals surface area contributed by atoms with Crippen molar-refractivity contribution < 1.29 is 14.3 Å². The Morgan fingerprint density at radius 3 is 2.72 bits per heavy atom. The molecule has 1 N–H and O–H groups in total. The number of hydrogen-bond donors (Lipinski definition) is 1. The number of nitrogens with zero attached hydrogens (tertiary/aromatic N) is 6. The molecule has 2 fully saturated rings. The first kappa shape index (κ1) is 24.0. The van der Waals surface area contributed by atoms with Gasteiger partial charge in [0.15, 0.2) is 11.5 Å². The number of pyridine rings is 1. The van der Waals surface area contributed by atoms with Gasteiger partial charge in [-0.05, 0) is 44.7 Å². The predicted molar refractivity (Wildman–Crippen MR) is 137 cm³/mol. The van der Waals surface area contributed by atoms with Crippen molar-refractivity contribution in [1.29, 1.82) is 0 Å². The third-order valence-electron chi connectivity index (χ3n) is 6.38. The molecule has 3 aromatic rings. The van der Waals surface area contributed by atoms with E-state index in [1.165, 1.54) is 0 Å². The zero-order valence-corrected chi connectivity index (χ0v) is 21.5. The Morgan fingerprint density at radius 1 is 1.19 bits per heavy atom. The van der Waals surface area contributed by atoms with E-state index in [-0.39, 0.29) is 23.5 Å². The maximum absolute atomic E-state index is 12.6. The highest BCUT2D eigenvalue weighted by Crippen LogP contribution is 2.33. The molecule has 5 heterocycles. The van der Waals surface area contributed by atoms with Crippen LogP contribution < -0.4 is 10.2 Å². The number of ether oxygens (including phenoxy) is 1. The van der Waals surface area contributed by atoms with Crippen molar-refractivity contribution in [3.05, 3.63) is 36.8 Å². The predicted octanol–water partition coefficient (Wildman–Crippen LogP) is 3.98. The molecule has 1 unspecified atom stereocenters. The Labute approximate surface area is 210 Å². The second kappa shape index (κ2) is 8.76. The molecule has 0 spiro atoms. The molecule has 10 nitrogen and oxygen atoms in total. The molecular formula is C26H33N7O3. The van der Waals surface area contributed by atoms with Gasteiger partial charge >= 0.3 is 6.09 Å². The van der Waals surface area contributed by atoms with Crippen LogP contribution in [0.25, 0.3) is 17.0 Å². The Kier molecular flexibility index (Phi) is 5.84.